The molecule has 5 nitrogen and oxygen atoms in total. The third kappa shape index (κ3) is 5.97. The zero-order chi connectivity index (χ0) is 12.9. The molecule has 1 aromatic heterocycles. The summed E-state index contributed by atoms with van der Waals surface area (Å²) in [4.78, 5) is 11.3. The van der Waals surface area contributed by atoms with Crippen molar-refractivity contribution >= 4 is 6.09 Å². The first kappa shape index (κ1) is 13.6. The van der Waals surface area contributed by atoms with Crippen molar-refractivity contribution in [2.45, 2.75) is 45.8 Å². The van der Waals surface area contributed by atoms with Crippen molar-refractivity contribution in [2.75, 3.05) is 0 Å². The fourth-order valence-corrected chi connectivity index (χ4v) is 1.27. The molecule has 5 heteroatoms. The number of rotatable bonds is 4. The average molecular weight is 240 g/mol. The summed E-state index contributed by atoms with van der Waals surface area (Å²) in [7, 11) is 0. The van der Waals surface area contributed by atoms with Crippen molar-refractivity contribution in [3.8, 4) is 0 Å². The minimum atomic E-state index is -0.490. The average Bonchev–Trinajstić information content (AvgIpc) is 2.64. The van der Waals surface area contributed by atoms with Crippen LogP contribution in [0.2, 0.25) is 0 Å². The molecule has 1 amide bonds. The topological polar surface area (TPSA) is 63.5 Å². The monoisotopic (exact) mass is 240 g/mol. The van der Waals surface area contributed by atoms with Crippen LogP contribution in [0.3, 0.4) is 0 Å². The van der Waals surface area contributed by atoms with Crippen molar-refractivity contribution in [3.05, 3.63) is 24.2 Å². The first-order valence-electron chi connectivity index (χ1n) is 5.64. The Balaban J connectivity index is 2.24. The molecule has 2 N–H and O–H groups in total. The predicted octanol–water partition coefficient (Wildman–Crippen LogP) is 2.24. The predicted molar refractivity (Wildman–Crippen MR) is 64.4 cm³/mol. The molecule has 0 bridgehead atoms. The largest absolute Gasteiger partial charge is 0.469 e. The van der Waals surface area contributed by atoms with Gasteiger partial charge in [-0.25, -0.2) is 10.2 Å². The normalized spacial score (nSPS) is 13.2. The molecule has 0 aliphatic carbocycles. The van der Waals surface area contributed by atoms with Gasteiger partial charge in [0.05, 0.1) is 6.26 Å². The van der Waals surface area contributed by atoms with Gasteiger partial charge in [-0.2, -0.15) is 0 Å². The lowest BCUT2D eigenvalue weighted by Crippen LogP contribution is -2.46. The summed E-state index contributed by atoms with van der Waals surface area (Å²) in [5.74, 6) is 0.871. The molecule has 1 atom stereocenters. The molecule has 0 radical (unpaired) electrons. The van der Waals surface area contributed by atoms with Gasteiger partial charge in [0.25, 0.3) is 0 Å². The lowest BCUT2D eigenvalue weighted by Gasteiger charge is -2.21. The van der Waals surface area contributed by atoms with E-state index in [1.165, 1.54) is 0 Å². The summed E-state index contributed by atoms with van der Waals surface area (Å²) < 4.78 is 10.3. The van der Waals surface area contributed by atoms with Crippen LogP contribution in [0.15, 0.2) is 22.8 Å². The number of hydrogen-bond donors (Lipinski definition) is 2. The van der Waals surface area contributed by atoms with Crippen LogP contribution in [0.4, 0.5) is 4.79 Å². The number of nitrogens with one attached hydrogen (secondary N) is 2. The summed E-state index contributed by atoms with van der Waals surface area (Å²) in [5, 5.41) is 0. The smallest absolute Gasteiger partial charge is 0.422 e. The van der Waals surface area contributed by atoms with E-state index in [0.29, 0.717) is 6.42 Å². The van der Waals surface area contributed by atoms with E-state index >= 15 is 0 Å². The Labute approximate surface area is 101 Å². The van der Waals surface area contributed by atoms with Crippen LogP contribution in [0, 0.1) is 0 Å². The maximum absolute atomic E-state index is 11.3. The van der Waals surface area contributed by atoms with Crippen LogP contribution in [-0.2, 0) is 11.2 Å². The first-order valence-corrected chi connectivity index (χ1v) is 5.64. The quantitative estimate of drug-likeness (QED) is 0.792. The van der Waals surface area contributed by atoms with E-state index < -0.39 is 11.7 Å². The maximum Gasteiger partial charge on any atom is 0.422 e. The zero-order valence-electron chi connectivity index (χ0n) is 10.7. The van der Waals surface area contributed by atoms with Crippen molar-refractivity contribution in [3.63, 3.8) is 0 Å². The first-order chi connectivity index (χ1) is 7.87. The lowest BCUT2D eigenvalue weighted by atomic mass is 10.2. The molecule has 1 aromatic rings. The highest BCUT2D eigenvalue weighted by Gasteiger charge is 2.16. The molecule has 1 unspecified atom stereocenters. The Morgan fingerprint density at radius 2 is 2.24 bits per heavy atom. The number of carbonyl (C=O) groups excluding carboxylic acids is 1. The molecule has 0 aliphatic heterocycles. The van der Waals surface area contributed by atoms with Crippen molar-refractivity contribution in [1.29, 1.82) is 0 Å². The second-order valence-corrected chi connectivity index (χ2v) is 4.96. The van der Waals surface area contributed by atoms with Crippen molar-refractivity contribution < 1.29 is 13.9 Å². The van der Waals surface area contributed by atoms with Crippen LogP contribution >= 0.6 is 0 Å². The third-order valence-corrected chi connectivity index (χ3v) is 1.91. The molecule has 17 heavy (non-hydrogen) atoms. The van der Waals surface area contributed by atoms with Gasteiger partial charge in [0.15, 0.2) is 0 Å². The van der Waals surface area contributed by atoms with E-state index in [-0.39, 0.29) is 6.04 Å². The number of hydrogen-bond acceptors (Lipinski definition) is 4. The molecule has 1 rings (SSSR count). The van der Waals surface area contributed by atoms with Crippen LogP contribution < -0.4 is 10.9 Å². The molecule has 0 aliphatic rings. The van der Waals surface area contributed by atoms with Crippen LogP contribution in [0.5, 0.6) is 0 Å². The number of hydrazine groups is 1. The lowest BCUT2D eigenvalue weighted by molar-refractivity contribution is 0.0489. The zero-order valence-corrected chi connectivity index (χ0v) is 10.7. The van der Waals surface area contributed by atoms with Gasteiger partial charge in [0, 0.05) is 12.5 Å². The van der Waals surface area contributed by atoms with Gasteiger partial charge in [0.2, 0.25) is 0 Å². The molecule has 1 heterocycles. The fraction of sp³-hybridized carbons (Fsp3) is 0.583. The molecule has 0 saturated heterocycles. The number of amides is 1. The van der Waals surface area contributed by atoms with E-state index in [1.54, 1.807) is 6.26 Å². The molecule has 0 fully saturated rings. The van der Waals surface area contributed by atoms with E-state index in [2.05, 4.69) is 10.9 Å². The Kier molecular flexibility index (Phi) is 4.57. The van der Waals surface area contributed by atoms with Crippen LogP contribution in [0.25, 0.3) is 0 Å². The molecular weight excluding hydrogens is 220 g/mol. The standard InChI is InChI=1S/C12H20N2O3/c1-9(8-10-6-5-7-16-10)13-14-11(15)17-12(2,3)4/h5-7,9,13H,8H2,1-4H3,(H,14,15). The van der Waals surface area contributed by atoms with Crippen molar-refractivity contribution in [2.24, 2.45) is 0 Å². The van der Waals surface area contributed by atoms with Crippen LogP contribution in [0.1, 0.15) is 33.5 Å². The Morgan fingerprint density at radius 1 is 1.53 bits per heavy atom. The molecular formula is C12H20N2O3. The van der Waals surface area contributed by atoms with E-state index in [1.807, 2.05) is 39.8 Å². The van der Waals surface area contributed by atoms with Gasteiger partial charge in [-0.15, -0.1) is 0 Å². The summed E-state index contributed by atoms with van der Waals surface area (Å²) in [6.07, 6.45) is 1.84. The van der Waals surface area contributed by atoms with Gasteiger partial charge < -0.3 is 9.15 Å². The van der Waals surface area contributed by atoms with E-state index in [0.717, 1.165) is 5.76 Å². The molecule has 0 spiro atoms. The molecule has 0 aromatic carbocycles. The Hall–Kier alpha value is -1.49. The van der Waals surface area contributed by atoms with Gasteiger partial charge in [0.1, 0.15) is 11.4 Å². The Bertz CT molecular complexity index is 341. The number of carbonyl (C=O) groups is 1. The van der Waals surface area contributed by atoms with Gasteiger partial charge in [-0.1, -0.05) is 0 Å². The molecule has 0 saturated carbocycles. The fourth-order valence-electron chi connectivity index (χ4n) is 1.27. The number of ether oxygens (including phenoxy) is 1. The summed E-state index contributed by atoms with van der Waals surface area (Å²) in [5.41, 5.74) is 4.87. The minimum absolute atomic E-state index is 0.0636. The van der Waals surface area contributed by atoms with E-state index in [9.17, 15) is 4.79 Å². The highest BCUT2D eigenvalue weighted by molar-refractivity contribution is 5.67. The van der Waals surface area contributed by atoms with E-state index in [4.69, 9.17) is 9.15 Å². The van der Waals surface area contributed by atoms with Gasteiger partial charge in [-0.3, -0.25) is 5.43 Å². The van der Waals surface area contributed by atoms with Crippen LogP contribution in [-0.4, -0.2) is 17.7 Å². The SMILES string of the molecule is CC(Cc1ccco1)NNC(=O)OC(C)(C)C. The highest BCUT2D eigenvalue weighted by atomic mass is 16.6. The summed E-state index contributed by atoms with van der Waals surface area (Å²) in [6.45, 7) is 7.40. The third-order valence-electron chi connectivity index (χ3n) is 1.91. The van der Waals surface area contributed by atoms with Gasteiger partial charge in [-0.05, 0) is 39.8 Å². The van der Waals surface area contributed by atoms with Crippen molar-refractivity contribution in [1.82, 2.24) is 10.9 Å². The minimum Gasteiger partial charge on any atom is -0.469 e. The Morgan fingerprint density at radius 3 is 2.76 bits per heavy atom. The van der Waals surface area contributed by atoms with Gasteiger partial charge >= 0.3 is 6.09 Å². The highest BCUT2D eigenvalue weighted by Crippen LogP contribution is 2.06. The molecule has 96 valence electrons. The second-order valence-electron chi connectivity index (χ2n) is 4.96. The summed E-state index contributed by atoms with van der Waals surface area (Å²) in [6, 6.07) is 3.79. The number of furan rings is 1. The summed E-state index contributed by atoms with van der Waals surface area (Å²) >= 11 is 0. The maximum atomic E-state index is 11.3. The second kappa shape index (κ2) is 5.72.